The zero-order chi connectivity index (χ0) is 21.3. The maximum Gasteiger partial charge on any atom is 0.250 e. The van der Waals surface area contributed by atoms with E-state index in [0.717, 1.165) is 54.5 Å². The monoisotopic (exact) mass is 534 g/mol. The van der Waals surface area contributed by atoms with Crippen molar-refractivity contribution in [2.24, 2.45) is 4.99 Å². The van der Waals surface area contributed by atoms with E-state index in [9.17, 15) is 4.79 Å². The second kappa shape index (κ2) is 12.3. The predicted molar refractivity (Wildman–Crippen MR) is 137 cm³/mol. The second-order valence-electron chi connectivity index (χ2n) is 7.26. The van der Waals surface area contributed by atoms with Crippen molar-refractivity contribution in [2.45, 2.75) is 39.8 Å². The summed E-state index contributed by atoms with van der Waals surface area (Å²) in [6.45, 7) is 6.23. The quantitative estimate of drug-likeness (QED) is 0.201. The van der Waals surface area contributed by atoms with Crippen LogP contribution >= 0.6 is 24.0 Å². The fraction of sp³-hybridized carbons (Fsp3) is 0.348. The fourth-order valence-electron chi connectivity index (χ4n) is 3.40. The van der Waals surface area contributed by atoms with Crippen molar-refractivity contribution < 1.29 is 0 Å². The van der Waals surface area contributed by atoms with Crippen molar-refractivity contribution in [1.82, 2.24) is 25.0 Å². The minimum atomic E-state index is 0. The third-order valence-electron chi connectivity index (χ3n) is 4.92. The Morgan fingerprint density at radius 2 is 1.84 bits per heavy atom. The van der Waals surface area contributed by atoms with Crippen LogP contribution in [0.1, 0.15) is 29.8 Å². The zero-order valence-corrected chi connectivity index (χ0v) is 20.7. The van der Waals surface area contributed by atoms with Gasteiger partial charge in [0.05, 0.1) is 11.4 Å². The SMILES string of the molecule is CN=C(NCCCCn1ccccc1=O)NCc1ccccc1-n1nc(C)cc1C.I. The van der Waals surface area contributed by atoms with E-state index in [1.807, 2.05) is 36.0 Å². The minimum Gasteiger partial charge on any atom is -0.356 e. The number of hydrogen-bond acceptors (Lipinski definition) is 3. The van der Waals surface area contributed by atoms with E-state index in [2.05, 4.69) is 45.8 Å². The van der Waals surface area contributed by atoms with Crippen LogP contribution in [0.3, 0.4) is 0 Å². The van der Waals surface area contributed by atoms with Gasteiger partial charge in [-0.05, 0) is 50.5 Å². The highest BCUT2D eigenvalue weighted by molar-refractivity contribution is 14.0. The minimum absolute atomic E-state index is 0. The number of para-hydroxylation sites is 1. The number of halogens is 1. The molecule has 2 N–H and O–H groups in total. The van der Waals surface area contributed by atoms with Gasteiger partial charge < -0.3 is 15.2 Å². The topological polar surface area (TPSA) is 76.2 Å². The van der Waals surface area contributed by atoms with E-state index in [1.165, 1.54) is 0 Å². The molecule has 0 unspecified atom stereocenters. The molecule has 0 saturated heterocycles. The van der Waals surface area contributed by atoms with Gasteiger partial charge in [0.1, 0.15) is 0 Å². The summed E-state index contributed by atoms with van der Waals surface area (Å²) < 4.78 is 3.72. The van der Waals surface area contributed by atoms with Crippen LogP contribution in [0, 0.1) is 13.8 Å². The Bertz CT molecular complexity index is 1060. The van der Waals surface area contributed by atoms with Crippen LogP contribution in [0.2, 0.25) is 0 Å². The molecule has 7 nitrogen and oxygen atoms in total. The molecule has 0 aliphatic rings. The molecule has 2 heterocycles. The Kier molecular flexibility index (Phi) is 9.77. The Hall–Kier alpha value is -2.62. The number of aryl methyl sites for hydroxylation is 3. The van der Waals surface area contributed by atoms with Crippen molar-refractivity contribution in [3.05, 3.63) is 82.0 Å². The first-order valence-electron chi connectivity index (χ1n) is 10.3. The van der Waals surface area contributed by atoms with Gasteiger partial charge in [0.25, 0.3) is 0 Å². The van der Waals surface area contributed by atoms with Crippen LogP contribution in [0.25, 0.3) is 5.69 Å². The van der Waals surface area contributed by atoms with Crippen LogP contribution in [-0.2, 0) is 13.1 Å². The highest BCUT2D eigenvalue weighted by atomic mass is 127. The normalized spacial score (nSPS) is 11.1. The lowest BCUT2D eigenvalue weighted by molar-refractivity contribution is 0.585. The predicted octanol–water partition coefficient (Wildman–Crippen LogP) is 3.41. The van der Waals surface area contributed by atoms with Crippen molar-refractivity contribution in [1.29, 1.82) is 0 Å². The van der Waals surface area contributed by atoms with E-state index < -0.39 is 0 Å². The largest absolute Gasteiger partial charge is 0.356 e. The summed E-state index contributed by atoms with van der Waals surface area (Å²) in [6, 6.07) is 15.6. The molecule has 0 aliphatic heterocycles. The lowest BCUT2D eigenvalue weighted by atomic mass is 10.1. The van der Waals surface area contributed by atoms with Crippen LogP contribution in [0.15, 0.2) is 64.5 Å². The number of aromatic nitrogens is 3. The van der Waals surface area contributed by atoms with E-state index in [4.69, 9.17) is 0 Å². The molecule has 0 aliphatic carbocycles. The molecule has 3 aromatic rings. The van der Waals surface area contributed by atoms with Crippen molar-refractivity contribution in [3.8, 4) is 5.69 Å². The molecule has 0 fully saturated rings. The van der Waals surface area contributed by atoms with Gasteiger partial charge in [-0.2, -0.15) is 5.10 Å². The third kappa shape index (κ3) is 6.95. The summed E-state index contributed by atoms with van der Waals surface area (Å²) in [5.74, 6) is 0.759. The molecular formula is C23H31IN6O. The molecule has 0 spiro atoms. The van der Waals surface area contributed by atoms with E-state index in [0.29, 0.717) is 6.54 Å². The average Bonchev–Trinajstić information content (AvgIpc) is 3.09. The number of guanidine groups is 1. The smallest absolute Gasteiger partial charge is 0.250 e. The lowest BCUT2D eigenvalue weighted by Gasteiger charge is -2.15. The second-order valence-corrected chi connectivity index (χ2v) is 7.26. The first-order valence-corrected chi connectivity index (χ1v) is 10.3. The fourth-order valence-corrected chi connectivity index (χ4v) is 3.40. The summed E-state index contributed by atoms with van der Waals surface area (Å²) in [7, 11) is 1.77. The Labute approximate surface area is 200 Å². The average molecular weight is 534 g/mol. The van der Waals surface area contributed by atoms with Gasteiger partial charge in [0, 0.05) is 44.6 Å². The number of hydrogen-bond donors (Lipinski definition) is 2. The molecular weight excluding hydrogens is 503 g/mol. The van der Waals surface area contributed by atoms with Gasteiger partial charge in [0.15, 0.2) is 5.96 Å². The van der Waals surface area contributed by atoms with Gasteiger partial charge in [-0.1, -0.05) is 24.3 Å². The van der Waals surface area contributed by atoms with Gasteiger partial charge >= 0.3 is 0 Å². The van der Waals surface area contributed by atoms with Crippen LogP contribution in [-0.4, -0.2) is 33.9 Å². The number of nitrogens with zero attached hydrogens (tertiary/aromatic N) is 4. The molecule has 0 saturated carbocycles. The third-order valence-corrected chi connectivity index (χ3v) is 4.92. The zero-order valence-electron chi connectivity index (χ0n) is 18.3. The highest BCUT2D eigenvalue weighted by Crippen LogP contribution is 2.16. The Morgan fingerprint density at radius 3 is 2.55 bits per heavy atom. The molecule has 0 atom stereocenters. The molecule has 31 heavy (non-hydrogen) atoms. The number of nitrogens with one attached hydrogen (secondary N) is 2. The first kappa shape index (κ1) is 24.6. The van der Waals surface area contributed by atoms with Crippen LogP contribution in [0.4, 0.5) is 0 Å². The number of benzene rings is 1. The van der Waals surface area contributed by atoms with Gasteiger partial charge in [-0.25, -0.2) is 4.68 Å². The summed E-state index contributed by atoms with van der Waals surface area (Å²) in [6.07, 6.45) is 3.70. The molecule has 0 amide bonds. The maximum absolute atomic E-state index is 11.7. The summed E-state index contributed by atoms with van der Waals surface area (Å²) >= 11 is 0. The summed E-state index contributed by atoms with van der Waals surface area (Å²) in [5, 5.41) is 11.3. The number of unbranched alkanes of at least 4 members (excludes halogenated alkanes) is 1. The molecule has 2 aromatic heterocycles. The van der Waals surface area contributed by atoms with Gasteiger partial charge in [-0.15, -0.1) is 24.0 Å². The summed E-state index contributed by atoms with van der Waals surface area (Å²) in [5.41, 5.74) is 4.38. The standard InChI is InChI=1S/C23H30N6O.HI/c1-18-16-19(2)29(27-18)21-11-5-4-10-20(21)17-26-23(24-3)25-13-7-9-15-28-14-8-6-12-22(28)30;/h4-6,8,10-12,14,16H,7,9,13,15,17H2,1-3H3,(H2,24,25,26);1H. The van der Waals surface area contributed by atoms with E-state index in [1.54, 1.807) is 23.7 Å². The highest BCUT2D eigenvalue weighted by Gasteiger charge is 2.09. The van der Waals surface area contributed by atoms with Gasteiger partial charge in [0.2, 0.25) is 5.56 Å². The molecule has 166 valence electrons. The Balaban J connectivity index is 0.00000341. The van der Waals surface area contributed by atoms with Crippen LogP contribution < -0.4 is 16.2 Å². The summed E-state index contributed by atoms with van der Waals surface area (Å²) in [4.78, 5) is 16.0. The van der Waals surface area contributed by atoms with Crippen molar-refractivity contribution in [3.63, 3.8) is 0 Å². The van der Waals surface area contributed by atoms with Crippen molar-refractivity contribution in [2.75, 3.05) is 13.6 Å². The lowest BCUT2D eigenvalue weighted by Crippen LogP contribution is -2.37. The van der Waals surface area contributed by atoms with Gasteiger partial charge in [-0.3, -0.25) is 9.79 Å². The van der Waals surface area contributed by atoms with Crippen LogP contribution in [0.5, 0.6) is 0 Å². The van der Waals surface area contributed by atoms with E-state index in [-0.39, 0.29) is 29.5 Å². The number of rotatable bonds is 8. The number of aliphatic imine (C=N–C) groups is 1. The molecule has 3 rings (SSSR count). The Morgan fingerprint density at radius 1 is 1.06 bits per heavy atom. The molecule has 0 bridgehead atoms. The number of pyridine rings is 1. The van der Waals surface area contributed by atoms with E-state index >= 15 is 0 Å². The van der Waals surface area contributed by atoms with Crippen molar-refractivity contribution >= 4 is 29.9 Å². The molecule has 1 aromatic carbocycles. The molecule has 0 radical (unpaired) electrons. The first-order chi connectivity index (χ1) is 14.6. The molecule has 8 heteroatoms. The maximum atomic E-state index is 11.7.